The molecule has 6 nitrogen and oxygen atoms in total. The minimum Gasteiger partial charge on any atom is -0.493 e. The van der Waals surface area contributed by atoms with Crippen molar-refractivity contribution in [3.05, 3.63) is 52.6 Å². The van der Waals surface area contributed by atoms with Crippen molar-refractivity contribution >= 4 is 29.4 Å². The standard InChI is InChI=1S/C18H17ClF2N2O4/c1-3-26-18-13(19)6-11(7-16(18)25-2)9-22-27-10-17(24)23-12-4-5-14(20)15(21)8-12/h4-9H,3,10H2,1-2H3,(H,23,24)/b22-9-. The van der Waals surface area contributed by atoms with Gasteiger partial charge in [-0.1, -0.05) is 16.8 Å². The summed E-state index contributed by atoms with van der Waals surface area (Å²) in [6, 6.07) is 6.25. The number of anilines is 1. The minimum atomic E-state index is -1.06. The van der Waals surface area contributed by atoms with Crippen molar-refractivity contribution in [2.24, 2.45) is 5.16 Å². The molecule has 0 radical (unpaired) electrons. The van der Waals surface area contributed by atoms with Crippen molar-refractivity contribution in [3.8, 4) is 11.5 Å². The van der Waals surface area contributed by atoms with Gasteiger partial charge >= 0.3 is 0 Å². The predicted molar refractivity (Wildman–Crippen MR) is 97.7 cm³/mol. The SMILES string of the molecule is CCOc1c(Cl)cc(/C=N\OCC(=O)Nc2ccc(F)c(F)c2)cc1OC. The molecule has 0 atom stereocenters. The number of methoxy groups -OCH3 is 1. The van der Waals surface area contributed by atoms with Gasteiger partial charge in [-0.2, -0.15) is 0 Å². The Bertz CT molecular complexity index is 846. The van der Waals surface area contributed by atoms with Crippen LogP contribution in [0.4, 0.5) is 14.5 Å². The highest BCUT2D eigenvalue weighted by atomic mass is 35.5. The Balaban J connectivity index is 1.92. The van der Waals surface area contributed by atoms with Crippen LogP contribution in [0.5, 0.6) is 11.5 Å². The lowest BCUT2D eigenvalue weighted by Crippen LogP contribution is -2.17. The molecule has 2 aromatic carbocycles. The van der Waals surface area contributed by atoms with Crippen LogP contribution in [0.2, 0.25) is 5.02 Å². The van der Waals surface area contributed by atoms with Crippen molar-refractivity contribution in [2.75, 3.05) is 25.6 Å². The molecule has 27 heavy (non-hydrogen) atoms. The second-order valence-electron chi connectivity index (χ2n) is 5.15. The number of rotatable bonds is 8. The third-order valence-corrected chi connectivity index (χ3v) is 3.50. The monoisotopic (exact) mass is 398 g/mol. The van der Waals surface area contributed by atoms with Crippen molar-refractivity contribution in [2.45, 2.75) is 6.92 Å². The first-order valence-corrected chi connectivity index (χ1v) is 8.23. The van der Waals surface area contributed by atoms with E-state index in [1.807, 2.05) is 6.92 Å². The van der Waals surface area contributed by atoms with Crippen LogP contribution >= 0.6 is 11.6 Å². The number of hydrogen-bond acceptors (Lipinski definition) is 5. The molecule has 0 aliphatic heterocycles. The fourth-order valence-electron chi connectivity index (χ4n) is 2.06. The average Bonchev–Trinajstić information content (AvgIpc) is 2.64. The topological polar surface area (TPSA) is 69.2 Å². The Morgan fingerprint density at radius 2 is 2.04 bits per heavy atom. The molecule has 144 valence electrons. The Hall–Kier alpha value is -2.87. The summed E-state index contributed by atoms with van der Waals surface area (Å²) in [6.07, 6.45) is 1.34. The van der Waals surface area contributed by atoms with E-state index < -0.39 is 24.1 Å². The maximum atomic E-state index is 13.1. The zero-order valence-electron chi connectivity index (χ0n) is 14.6. The molecule has 0 spiro atoms. The zero-order chi connectivity index (χ0) is 19.8. The third kappa shape index (κ3) is 5.82. The molecule has 2 aromatic rings. The van der Waals surface area contributed by atoms with Crippen molar-refractivity contribution in [1.29, 1.82) is 0 Å². The van der Waals surface area contributed by atoms with E-state index in [-0.39, 0.29) is 5.69 Å². The number of amides is 1. The molecule has 1 amide bonds. The molecular formula is C18H17ClF2N2O4. The van der Waals surface area contributed by atoms with Crippen LogP contribution in [0.15, 0.2) is 35.5 Å². The highest BCUT2D eigenvalue weighted by Crippen LogP contribution is 2.35. The van der Waals surface area contributed by atoms with Gasteiger partial charge in [0.1, 0.15) is 0 Å². The number of benzene rings is 2. The maximum Gasteiger partial charge on any atom is 0.265 e. The summed E-state index contributed by atoms with van der Waals surface area (Å²) >= 11 is 6.14. The largest absolute Gasteiger partial charge is 0.493 e. The first-order chi connectivity index (χ1) is 12.9. The Labute approximate surface area is 159 Å². The summed E-state index contributed by atoms with van der Waals surface area (Å²) in [7, 11) is 1.48. The normalized spacial score (nSPS) is 10.7. The van der Waals surface area contributed by atoms with Crippen LogP contribution in [0, 0.1) is 11.6 Å². The van der Waals surface area contributed by atoms with Crippen LogP contribution in [-0.2, 0) is 9.63 Å². The number of nitrogens with one attached hydrogen (secondary N) is 1. The average molecular weight is 399 g/mol. The van der Waals surface area contributed by atoms with Gasteiger partial charge in [0.15, 0.2) is 29.7 Å². The lowest BCUT2D eigenvalue weighted by atomic mass is 10.2. The van der Waals surface area contributed by atoms with Crippen LogP contribution in [0.25, 0.3) is 0 Å². The number of nitrogens with zero attached hydrogens (tertiary/aromatic N) is 1. The van der Waals surface area contributed by atoms with Crippen LogP contribution in [0.3, 0.4) is 0 Å². The number of ether oxygens (including phenoxy) is 2. The van der Waals surface area contributed by atoms with Crippen LogP contribution in [0.1, 0.15) is 12.5 Å². The highest BCUT2D eigenvalue weighted by Gasteiger charge is 2.11. The van der Waals surface area contributed by atoms with Gasteiger partial charge in [0.2, 0.25) is 0 Å². The van der Waals surface area contributed by atoms with E-state index >= 15 is 0 Å². The lowest BCUT2D eigenvalue weighted by Gasteiger charge is -2.11. The molecule has 0 unspecified atom stereocenters. The molecule has 0 bridgehead atoms. The second-order valence-corrected chi connectivity index (χ2v) is 5.56. The number of carbonyl (C=O) groups excluding carboxylic acids is 1. The van der Waals surface area contributed by atoms with Gasteiger partial charge in [-0.05, 0) is 31.2 Å². The number of halogens is 3. The summed E-state index contributed by atoms with van der Waals surface area (Å²) in [5.74, 6) is -1.79. The molecule has 0 fully saturated rings. The van der Waals surface area contributed by atoms with Gasteiger partial charge in [-0.15, -0.1) is 0 Å². The highest BCUT2D eigenvalue weighted by molar-refractivity contribution is 6.32. The van der Waals surface area contributed by atoms with Crippen LogP contribution < -0.4 is 14.8 Å². The van der Waals surface area contributed by atoms with Gasteiger partial charge < -0.3 is 19.6 Å². The van der Waals surface area contributed by atoms with Gasteiger partial charge in [0.05, 0.1) is 25.0 Å². The fraction of sp³-hybridized carbons (Fsp3) is 0.222. The quantitative estimate of drug-likeness (QED) is 0.538. The first kappa shape index (κ1) is 20.4. The maximum absolute atomic E-state index is 13.1. The molecule has 0 aliphatic rings. The summed E-state index contributed by atoms with van der Waals surface area (Å²) < 4.78 is 36.5. The second kappa shape index (κ2) is 9.72. The van der Waals surface area contributed by atoms with Gasteiger partial charge in [-0.3, -0.25) is 4.79 Å². The fourth-order valence-corrected chi connectivity index (χ4v) is 2.34. The smallest absolute Gasteiger partial charge is 0.265 e. The van der Waals surface area contributed by atoms with Gasteiger partial charge in [-0.25, -0.2) is 8.78 Å². The summed E-state index contributed by atoms with van der Waals surface area (Å²) in [5, 5.41) is 6.37. The first-order valence-electron chi connectivity index (χ1n) is 7.85. The molecule has 0 saturated heterocycles. The molecular weight excluding hydrogens is 382 g/mol. The Morgan fingerprint density at radius 3 is 2.70 bits per heavy atom. The number of hydrogen-bond donors (Lipinski definition) is 1. The molecule has 9 heteroatoms. The molecule has 0 aliphatic carbocycles. The van der Waals surface area contributed by atoms with E-state index in [9.17, 15) is 13.6 Å². The molecule has 1 N–H and O–H groups in total. The van der Waals surface area contributed by atoms with Crippen molar-refractivity contribution < 1.29 is 27.9 Å². The van der Waals surface area contributed by atoms with E-state index in [0.717, 1.165) is 12.1 Å². The van der Waals surface area contributed by atoms with E-state index in [2.05, 4.69) is 10.5 Å². The van der Waals surface area contributed by atoms with Gasteiger partial charge in [0.25, 0.3) is 5.91 Å². The molecule has 2 rings (SSSR count). The summed E-state index contributed by atoms with van der Waals surface area (Å²) in [5.41, 5.74) is 0.677. The minimum absolute atomic E-state index is 0.106. The van der Waals surface area contributed by atoms with E-state index in [1.54, 1.807) is 12.1 Å². The van der Waals surface area contributed by atoms with Crippen LogP contribution in [-0.4, -0.2) is 32.4 Å². The van der Waals surface area contributed by atoms with E-state index in [0.29, 0.717) is 28.7 Å². The Kier molecular flexibility index (Phi) is 7.36. The van der Waals surface area contributed by atoms with Gasteiger partial charge in [0, 0.05) is 17.3 Å². The third-order valence-electron chi connectivity index (χ3n) is 3.22. The Morgan fingerprint density at radius 1 is 1.26 bits per heavy atom. The van der Waals surface area contributed by atoms with E-state index in [1.165, 1.54) is 19.4 Å². The predicted octanol–water partition coefficient (Wildman–Crippen LogP) is 4.01. The van der Waals surface area contributed by atoms with Crippen molar-refractivity contribution in [1.82, 2.24) is 0 Å². The number of oxime groups is 1. The molecule has 0 saturated carbocycles. The summed E-state index contributed by atoms with van der Waals surface area (Å²) in [4.78, 5) is 16.6. The number of carbonyl (C=O) groups is 1. The zero-order valence-corrected chi connectivity index (χ0v) is 15.3. The molecule has 0 heterocycles. The van der Waals surface area contributed by atoms with Crippen molar-refractivity contribution in [3.63, 3.8) is 0 Å². The van der Waals surface area contributed by atoms with E-state index in [4.69, 9.17) is 25.9 Å². The lowest BCUT2D eigenvalue weighted by molar-refractivity contribution is -0.120. The molecule has 0 aromatic heterocycles. The summed E-state index contributed by atoms with van der Waals surface area (Å²) in [6.45, 7) is 1.83.